The van der Waals surface area contributed by atoms with E-state index in [4.69, 9.17) is 0 Å². The van der Waals surface area contributed by atoms with E-state index in [0.29, 0.717) is 5.75 Å². The van der Waals surface area contributed by atoms with E-state index in [-0.39, 0.29) is 24.0 Å². The summed E-state index contributed by atoms with van der Waals surface area (Å²) in [5.41, 5.74) is 2.15. The average molecular weight is 482 g/mol. The second-order valence-electron chi connectivity index (χ2n) is 8.28. The Morgan fingerprint density at radius 3 is 2.85 bits per heavy atom. The van der Waals surface area contributed by atoms with E-state index in [0.717, 1.165) is 29.4 Å². The third-order valence-corrected chi connectivity index (χ3v) is 7.16. The maximum absolute atomic E-state index is 13.8. The van der Waals surface area contributed by atoms with E-state index in [9.17, 15) is 14.0 Å². The molecule has 11 heteroatoms. The van der Waals surface area contributed by atoms with Crippen LogP contribution >= 0.6 is 11.8 Å². The summed E-state index contributed by atoms with van der Waals surface area (Å²) in [5.74, 6) is -0.912. The maximum atomic E-state index is 13.8. The number of nitrogens with one attached hydrogen (secondary N) is 1. The first kappa shape index (κ1) is 22.3. The van der Waals surface area contributed by atoms with Crippen LogP contribution in [0.4, 0.5) is 15.8 Å². The molecule has 0 unspecified atom stereocenters. The number of likely N-dealkylation sites (N-methyl/N-ethyl adjacent to an activating group) is 1. The highest BCUT2D eigenvalue weighted by Crippen LogP contribution is 2.37. The SMILES string of the molecule is CN1C(=O)[C@@H](NC(=O)c2ncn(Cc3ncccc3F)n2)CSc2ccc(N3CCCC3)cc21. The Kier molecular flexibility index (Phi) is 6.18. The number of nitrogens with zero attached hydrogens (tertiary/aromatic N) is 6. The topological polar surface area (TPSA) is 96.2 Å². The van der Waals surface area contributed by atoms with Gasteiger partial charge in [-0.05, 0) is 43.2 Å². The number of carbonyl (C=O) groups excluding carboxylic acids is 2. The maximum Gasteiger partial charge on any atom is 0.291 e. The fourth-order valence-corrected chi connectivity index (χ4v) is 5.23. The zero-order valence-corrected chi connectivity index (χ0v) is 19.5. The lowest BCUT2D eigenvalue weighted by Crippen LogP contribution is -2.48. The van der Waals surface area contributed by atoms with Crippen molar-refractivity contribution in [2.24, 2.45) is 0 Å². The van der Waals surface area contributed by atoms with Crippen molar-refractivity contribution in [1.29, 1.82) is 0 Å². The lowest BCUT2D eigenvalue weighted by Gasteiger charge is -2.24. The number of thioether (sulfide) groups is 1. The summed E-state index contributed by atoms with van der Waals surface area (Å²) in [7, 11) is 1.73. The molecule has 34 heavy (non-hydrogen) atoms. The Balaban J connectivity index is 1.27. The highest BCUT2D eigenvalue weighted by Gasteiger charge is 2.31. The minimum atomic E-state index is -0.731. The summed E-state index contributed by atoms with van der Waals surface area (Å²) in [5, 5.41) is 6.88. The predicted molar refractivity (Wildman–Crippen MR) is 127 cm³/mol. The van der Waals surface area contributed by atoms with E-state index >= 15 is 0 Å². The average Bonchev–Trinajstić information content (AvgIpc) is 3.53. The highest BCUT2D eigenvalue weighted by atomic mass is 32.2. The molecule has 2 aliphatic heterocycles. The molecule has 3 aromatic rings. The minimum absolute atomic E-state index is 0.0442. The van der Waals surface area contributed by atoms with Gasteiger partial charge in [-0.1, -0.05) is 0 Å². The van der Waals surface area contributed by atoms with Gasteiger partial charge >= 0.3 is 0 Å². The minimum Gasteiger partial charge on any atom is -0.371 e. The third kappa shape index (κ3) is 4.47. The van der Waals surface area contributed by atoms with Crippen molar-refractivity contribution >= 4 is 35.0 Å². The molecule has 2 aromatic heterocycles. The number of carbonyl (C=O) groups is 2. The number of aromatic nitrogens is 4. The molecular weight excluding hydrogens is 457 g/mol. The van der Waals surface area contributed by atoms with Gasteiger partial charge in [0.1, 0.15) is 18.2 Å². The van der Waals surface area contributed by atoms with Crippen LogP contribution in [0.25, 0.3) is 0 Å². The zero-order valence-electron chi connectivity index (χ0n) is 18.6. The summed E-state index contributed by atoms with van der Waals surface area (Å²) < 4.78 is 15.2. The van der Waals surface area contributed by atoms with Crippen molar-refractivity contribution in [3.8, 4) is 0 Å². The van der Waals surface area contributed by atoms with Gasteiger partial charge in [-0.2, -0.15) is 0 Å². The van der Waals surface area contributed by atoms with Crippen LogP contribution in [-0.4, -0.2) is 63.5 Å². The van der Waals surface area contributed by atoms with Gasteiger partial charge in [0.25, 0.3) is 5.91 Å². The van der Waals surface area contributed by atoms with Gasteiger partial charge in [-0.15, -0.1) is 16.9 Å². The highest BCUT2D eigenvalue weighted by molar-refractivity contribution is 7.99. The molecule has 176 valence electrons. The van der Waals surface area contributed by atoms with Gasteiger partial charge in [-0.3, -0.25) is 14.6 Å². The Hall–Kier alpha value is -3.47. The molecule has 1 saturated heterocycles. The van der Waals surface area contributed by atoms with Crippen LogP contribution in [0, 0.1) is 5.82 Å². The van der Waals surface area contributed by atoms with Gasteiger partial charge in [0, 0.05) is 42.7 Å². The molecule has 0 aliphatic carbocycles. The number of hydrogen-bond acceptors (Lipinski definition) is 7. The van der Waals surface area contributed by atoms with E-state index in [2.05, 4.69) is 37.4 Å². The number of hydrogen-bond donors (Lipinski definition) is 1. The summed E-state index contributed by atoms with van der Waals surface area (Å²) >= 11 is 1.53. The molecule has 0 spiro atoms. The molecule has 1 aromatic carbocycles. The van der Waals surface area contributed by atoms with Crippen LogP contribution in [0.2, 0.25) is 0 Å². The standard InChI is InChI=1S/C23H24FN7O2S/c1-29-19-11-15(30-9-2-3-10-30)6-7-20(19)34-13-18(23(29)33)27-22(32)21-26-14-31(28-21)12-17-16(24)5-4-8-25-17/h4-8,11,14,18H,2-3,9-10,12-13H2,1H3,(H,27,32)/t18-/m0/s1. The number of rotatable bonds is 5. The summed E-state index contributed by atoms with van der Waals surface area (Å²) in [6.45, 7) is 2.09. The first-order chi connectivity index (χ1) is 16.5. The lowest BCUT2D eigenvalue weighted by atomic mass is 10.2. The number of halogens is 1. The molecule has 2 amide bonds. The fourth-order valence-electron chi connectivity index (χ4n) is 4.15. The first-order valence-corrected chi connectivity index (χ1v) is 12.1. The van der Waals surface area contributed by atoms with Crippen molar-refractivity contribution in [2.75, 3.05) is 35.7 Å². The van der Waals surface area contributed by atoms with Gasteiger partial charge in [0.05, 0.1) is 17.9 Å². The molecule has 9 nitrogen and oxygen atoms in total. The van der Waals surface area contributed by atoms with Crippen LogP contribution in [0.3, 0.4) is 0 Å². The summed E-state index contributed by atoms with van der Waals surface area (Å²) in [4.78, 5) is 38.9. The van der Waals surface area contributed by atoms with E-state index < -0.39 is 17.8 Å². The largest absolute Gasteiger partial charge is 0.371 e. The van der Waals surface area contributed by atoms with E-state index in [1.807, 2.05) is 6.07 Å². The molecule has 4 heterocycles. The molecule has 2 aliphatic rings. The Labute approximate surface area is 200 Å². The van der Waals surface area contributed by atoms with Crippen LogP contribution in [0.5, 0.6) is 0 Å². The molecule has 1 fully saturated rings. The molecule has 1 N–H and O–H groups in total. The quantitative estimate of drug-likeness (QED) is 0.598. The smallest absolute Gasteiger partial charge is 0.291 e. The van der Waals surface area contributed by atoms with Gasteiger partial charge in [-0.25, -0.2) is 14.1 Å². The van der Waals surface area contributed by atoms with Crippen molar-refractivity contribution in [3.63, 3.8) is 0 Å². The second-order valence-corrected chi connectivity index (χ2v) is 9.34. The predicted octanol–water partition coefficient (Wildman–Crippen LogP) is 2.33. The zero-order chi connectivity index (χ0) is 23.7. The van der Waals surface area contributed by atoms with E-state index in [1.54, 1.807) is 11.9 Å². The van der Waals surface area contributed by atoms with Crippen LogP contribution < -0.4 is 15.1 Å². The van der Waals surface area contributed by atoms with Crippen LogP contribution in [0.1, 0.15) is 29.2 Å². The van der Waals surface area contributed by atoms with Crippen LogP contribution in [-0.2, 0) is 11.3 Å². The number of fused-ring (bicyclic) bond motifs is 1. The van der Waals surface area contributed by atoms with Crippen molar-refractivity contribution < 1.29 is 14.0 Å². The molecule has 1 atom stereocenters. The Morgan fingerprint density at radius 2 is 2.06 bits per heavy atom. The normalized spacial score (nSPS) is 18.1. The first-order valence-electron chi connectivity index (χ1n) is 11.1. The van der Waals surface area contributed by atoms with Gasteiger partial charge in [0.15, 0.2) is 0 Å². The number of anilines is 2. The Bertz CT molecular complexity index is 1230. The Morgan fingerprint density at radius 1 is 1.24 bits per heavy atom. The molecule has 0 bridgehead atoms. The van der Waals surface area contributed by atoms with Gasteiger partial charge in [0.2, 0.25) is 11.7 Å². The number of amides is 2. The monoisotopic (exact) mass is 481 g/mol. The molecule has 0 saturated carbocycles. The van der Waals surface area contributed by atoms with E-state index in [1.165, 1.54) is 53.9 Å². The summed E-state index contributed by atoms with van der Waals surface area (Å²) in [6, 6.07) is 8.27. The lowest BCUT2D eigenvalue weighted by molar-refractivity contribution is -0.119. The summed E-state index contributed by atoms with van der Waals surface area (Å²) in [6.07, 6.45) is 5.18. The molecule has 0 radical (unpaired) electrons. The fraction of sp³-hybridized carbons (Fsp3) is 0.348. The van der Waals surface area contributed by atoms with Crippen molar-refractivity contribution in [1.82, 2.24) is 25.1 Å². The van der Waals surface area contributed by atoms with Crippen LogP contribution in [0.15, 0.2) is 47.8 Å². The van der Waals surface area contributed by atoms with Gasteiger partial charge < -0.3 is 15.1 Å². The number of benzene rings is 1. The van der Waals surface area contributed by atoms with Crippen molar-refractivity contribution in [3.05, 3.63) is 60.2 Å². The molecular formula is C23H24FN7O2S. The molecule has 5 rings (SSSR count). The second kappa shape index (κ2) is 9.41. The number of pyridine rings is 1. The van der Waals surface area contributed by atoms with Crippen molar-refractivity contribution in [2.45, 2.75) is 30.3 Å². The third-order valence-electron chi connectivity index (χ3n) is 6.00.